The molecule has 0 unspecified atom stereocenters. The van der Waals surface area contributed by atoms with Crippen molar-refractivity contribution in [3.63, 3.8) is 0 Å². The summed E-state index contributed by atoms with van der Waals surface area (Å²) in [6.07, 6.45) is -1.24. The van der Waals surface area contributed by atoms with Crippen molar-refractivity contribution >= 4 is 28.5 Å². The second-order valence-corrected chi connectivity index (χ2v) is 7.14. The Hall–Kier alpha value is -3.42. The number of aromatic carboxylic acids is 1. The Morgan fingerprint density at radius 1 is 1.13 bits per heavy atom. The highest BCUT2D eigenvalue weighted by molar-refractivity contribution is 5.93. The van der Waals surface area contributed by atoms with Gasteiger partial charge in [-0.15, -0.1) is 0 Å². The molecule has 0 saturated carbocycles. The molecule has 0 bridgehead atoms. The third-order valence-corrected chi connectivity index (χ3v) is 5.16. The van der Waals surface area contributed by atoms with E-state index >= 15 is 0 Å². The molecule has 0 saturated heterocycles. The summed E-state index contributed by atoms with van der Waals surface area (Å²) in [5.41, 5.74) is -0.372. The van der Waals surface area contributed by atoms with E-state index in [9.17, 15) is 27.9 Å². The summed E-state index contributed by atoms with van der Waals surface area (Å²) >= 11 is 0. The molecule has 8 heteroatoms. The van der Waals surface area contributed by atoms with Gasteiger partial charge in [-0.1, -0.05) is 18.2 Å². The number of carboxylic acids is 1. The van der Waals surface area contributed by atoms with Gasteiger partial charge in [-0.2, -0.15) is 13.2 Å². The molecule has 4 rings (SSSR count). The van der Waals surface area contributed by atoms with Crippen LogP contribution >= 0.6 is 0 Å². The number of allylic oxidation sites excluding steroid dienone is 1. The van der Waals surface area contributed by atoms with E-state index in [1.54, 1.807) is 0 Å². The van der Waals surface area contributed by atoms with Gasteiger partial charge in [0, 0.05) is 6.54 Å². The third kappa shape index (κ3) is 3.60. The van der Waals surface area contributed by atoms with Gasteiger partial charge in [0.15, 0.2) is 0 Å². The monoisotopic (exact) mass is 414 g/mol. The first-order valence-electron chi connectivity index (χ1n) is 9.41. The number of carbonyl (C=O) groups is 1. The lowest BCUT2D eigenvalue weighted by Gasteiger charge is -2.14. The fourth-order valence-electron chi connectivity index (χ4n) is 3.71. The summed E-state index contributed by atoms with van der Waals surface area (Å²) in [4.78, 5) is 28.8. The van der Waals surface area contributed by atoms with Crippen LogP contribution in [0.2, 0.25) is 0 Å². The van der Waals surface area contributed by atoms with Crippen LogP contribution in [-0.2, 0) is 12.7 Å². The molecular weight excluding hydrogens is 397 g/mol. The van der Waals surface area contributed by atoms with Crippen molar-refractivity contribution in [1.29, 1.82) is 0 Å². The van der Waals surface area contributed by atoms with Gasteiger partial charge in [0.1, 0.15) is 5.82 Å². The van der Waals surface area contributed by atoms with Crippen molar-refractivity contribution in [1.82, 2.24) is 9.55 Å². The summed E-state index contributed by atoms with van der Waals surface area (Å²) in [7, 11) is 0. The van der Waals surface area contributed by atoms with E-state index in [0.717, 1.165) is 6.07 Å². The molecule has 0 atom stereocenters. The van der Waals surface area contributed by atoms with Crippen LogP contribution < -0.4 is 5.56 Å². The second-order valence-electron chi connectivity index (χ2n) is 7.14. The number of hydrogen-bond donors (Lipinski definition) is 1. The molecule has 1 N–H and O–H groups in total. The van der Waals surface area contributed by atoms with E-state index in [4.69, 9.17) is 0 Å². The Kier molecular flexibility index (Phi) is 4.93. The standard InChI is InChI=1S/C22H17F3N2O3/c23-22(24,25)17-7-2-1-5-13(17)11-14-6-3-4-10-27-19(14)26-18-12-15(21(29)30)8-9-16(18)20(27)28/h1-2,5,7-9,11-12H,3-4,6,10H2,(H,29,30)/b14-11+. The van der Waals surface area contributed by atoms with Crippen LogP contribution in [0.5, 0.6) is 0 Å². The van der Waals surface area contributed by atoms with E-state index < -0.39 is 17.7 Å². The predicted molar refractivity (Wildman–Crippen MR) is 106 cm³/mol. The molecule has 0 spiro atoms. The van der Waals surface area contributed by atoms with E-state index in [0.29, 0.717) is 31.4 Å². The Balaban J connectivity index is 1.96. The minimum absolute atomic E-state index is 0.00193. The SMILES string of the molecule is O=C(O)c1ccc2c(=O)n3c(nc2c1)/C(=C/c1ccccc1C(F)(F)F)CCCC3. The van der Waals surface area contributed by atoms with E-state index in [1.165, 1.54) is 47.0 Å². The minimum Gasteiger partial charge on any atom is -0.478 e. The van der Waals surface area contributed by atoms with Crippen LogP contribution in [0.15, 0.2) is 47.3 Å². The van der Waals surface area contributed by atoms with Crippen molar-refractivity contribution in [3.8, 4) is 0 Å². The van der Waals surface area contributed by atoms with Gasteiger partial charge < -0.3 is 5.11 Å². The summed E-state index contributed by atoms with van der Waals surface area (Å²) in [5, 5.41) is 9.50. The Labute approximate surface area is 169 Å². The van der Waals surface area contributed by atoms with Crippen molar-refractivity contribution in [2.75, 3.05) is 0 Å². The quantitative estimate of drug-likeness (QED) is 0.652. The molecule has 3 aromatic rings. The highest BCUT2D eigenvalue weighted by Crippen LogP contribution is 2.35. The first-order chi connectivity index (χ1) is 14.3. The van der Waals surface area contributed by atoms with Crippen LogP contribution in [0.1, 0.15) is 46.6 Å². The number of nitrogens with zero attached hydrogens (tertiary/aromatic N) is 2. The number of fused-ring (bicyclic) bond motifs is 2. The normalized spacial score (nSPS) is 15.8. The number of carboxylic acid groups (broad SMARTS) is 1. The van der Waals surface area contributed by atoms with Gasteiger partial charge in [0.25, 0.3) is 5.56 Å². The van der Waals surface area contributed by atoms with E-state index in [2.05, 4.69) is 4.98 Å². The number of halogens is 3. The number of aromatic nitrogens is 2. The number of alkyl halides is 3. The number of hydrogen-bond acceptors (Lipinski definition) is 3. The molecule has 0 amide bonds. The Morgan fingerprint density at radius 2 is 1.90 bits per heavy atom. The average molecular weight is 414 g/mol. The summed E-state index contributed by atoms with van der Waals surface area (Å²) in [6.45, 7) is 0.399. The molecular formula is C22H17F3N2O3. The van der Waals surface area contributed by atoms with Crippen LogP contribution in [0.25, 0.3) is 22.6 Å². The van der Waals surface area contributed by atoms with Crippen molar-refractivity contribution < 1.29 is 23.1 Å². The lowest BCUT2D eigenvalue weighted by Crippen LogP contribution is -2.24. The molecule has 2 heterocycles. The molecule has 0 fully saturated rings. The Morgan fingerprint density at radius 3 is 2.63 bits per heavy atom. The topological polar surface area (TPSA) is 72.2 Å². The fourth-order valence-corrected chi connectivity index (χ4v) is 3.71. The maximum atomic E-state index is 13.4. The average Bonchev–Trinajstić information content (AvgIpc) is 2.90. The van der Waals surface area contributed by atoms with E-state index in [1.807, 2.05) is 0 Å². The zero-order chi connectivity index (χ0) is 21.5. The minimum atomic E-state index is -4.51. The molecule has 0 radical (unpaired) electrons. The second kappa shape index (κ2) is 7.44. The molecule has 2 aromatic carbocycles. The summed E-state index contributed by atoms with van der Waals surface area (Å²) in [5.74, 6) is -0.867. The van der Waals surface area contributed by atoms with Crippen LogP contribution in [-0.4, -0.2) is 20.6 Å². The van der Waals surface area contributed by atoms with Gasteiger partial charge in [0.05, 0.1) is 22.0 Å². The lowest BCUT2D eigenvalue weighted by molar-refractivity contribution is -0.137. The van der Waals surface area contributed by atoms with E-state index in [-0.39, 0.29) is 33.4 Å². The zero-order valence-electron chi connectivity index (χ0n) is 15.7. The molecule has 0 aliphatic carbocycles. The highest BCUT2D eigenvalue weighted by Gasteiger charge is 2.32. The molecule has 5 nitrogen and oxygen atoms in total. The highest BCUT2D eigenvalue weighted by atomic mass is 19.4. The van der Waals surface area contributed by atoms with Gasteiger partial charge in [0.2, 0.25) is 0 Å². The lowest BCUT2D eigenvalue weighted by atomic mass is 10.0. The molecule has 1 aliphatic rings. The first-order valence-corrected chi connectivity index (χ1v) is 9.41. The van der Waals surface area contributed by atoms with Gasteiger partial charge in [-0.3, -0.25) is 9.36 Å². The van der Waals surface area contributed by atoms with Crippen molar-refractivity contribution in [3.05, 3.63) is 75.3 Å². The van der Waals surface area contributed by atoms with Gasteiger partial charge in [-0.25, -0.2) is 9.78 Å². The predicted octanol–water partition coefficient (Wildman–Crippen LogP) is 4.84. The molecule has 1 aromatic heterocycles. The Bertz CT molecular complexity index is 1240. The molecule has 154 valence electrons. The zero-order valence-corrected chi connectivity index (χ0v) is 15.7. The maximum Gasteiger partial charge on any atom is 0.416 e. The van der Waals surface area contributed by atoms with Gasteiger partial charge >= 0.3 is 12.1 Å². The molecule has 30 heavy (non-hydrogen) atoms. The van der Waals surface area contributed by atoms with Crippen LogP contribution in [0.4, 0.5) is 13.2 Å². The van der Waals surface area contributed by atoms with Crippen LogP contribution in [0.3, 0.4) is 0 Å². The number of rotatable bonds is 2. The summed E-state index contributed by atoms with van der Waals surface area (Å²) < 4.78 is 41.7. The third-order valence-electron chi connectivity index (χ3n) is 5.16. The van der Waals surface area contributed by atoms with Crippen LogP contribution in [0, 0.1) is 0 Å². The fraction of sp³-hybridized carbons (Fsp3) is 0.227. The first kappa shape index (κ1) is 19.9. The summed E-state index contributed by atoms with van der Waals surface area (Å²) in [6, 6.07) is 9.33. The maximum absolute atomic E-state index is 13.4. The van der Waals surface area contributed by atoms with Gasteiger partial charge in [-0.05, 0) is 60.7 Å². The van der Waals surface area contributed by atoms with Crippen molar-refractivity contribution in [2.45, 2.75) is 32.0 Å². The molecule has 1 aliphatic heterocycles. The smallest absolute Gasteiger partial charge is 0.416 e. The largest absolute Gasteiger partial charge is 0.478 e. The number of benzene rings is 2. The van der Waals surface area contributed by atoms with Crippen molar-refractivity contribution in [2.24, 2.45) is 0 Å².